The van der Waals surface area contributed by atoms with Gasteiger partial charge >= 0.3 is 5.97 Å². The molecular weight excluding hydrogens is 163 g/mol. The third-order valence-electron chi connectivity index (χ3n) is 0.820. The second-order valence-corrected chi connectivity index (χ2v) is 3.68. The molecule has 0 aliphatic carbocycles. The lowest BCUT2D eigenvalue weighted by molar-refractivity contribution is -0.137. The van der Waals surface area contributed by atoms with E-state index in [-0.39, 0.29) is 0 Å². The molecule has 1 unspecified atom stereocenters. The van der Waals surface area contributed by atoms with E-state index < -0.39 is 16.2 Å². The van der Waals surface area contributed by atoms with Crippen LogP contribution in [-0.2, 0) is 4.79 Å². The normalized spacial score (nSPS) is 15.1. The van der Waals surface area contributed by atoms with Gasteiger partial charge in [0.25, 0.3) is 0 Å². The Morgan fingerprint density at radius 1 is 1.67 bits per heavy atom. The van der Waals surface area contributed by atoms with Crippen molar-refractivity contribution in [3.8, 4) is 0 Å². The van der Waals surface area contributed by atoms with Gasteiger partial charge in [-0.25, -0.2) is 0 Å². The molecule has 0 saturated heterocycles. The SMILES string of the molecule is CC(C)(Cl)C(Cl)C(=O)O. The number of carboxylic acid groups (broad SMARTS) is 1. The molecule has 0 aromatic heterocycles. The van der Waals surface area contributed by atoms with Crippen LogP contribution in [0.5, 0.6) is 0 Å². The topological polar surface area (TPSA) is 37.3 Å². The van der Waals surface area contributed by atoms with Gasteiger partial charge in [0.05, 0.1) is 4.87 Å². The molecule has 0 saturated carbocycles. The van der Waals surface area contributed by atoms with Crippen molar-refractivity contribution in [2.24, 2.45) is 0 Å². The summed E-state index contributed by atoms with van der Waals surface area (Å²) in [5.41, 5.74) is 0. The first-order chi connectivity index (χ1) is 3.85. The van der Waals surface area contributed by atoms with Crippen molar-refractivity contribution in [2.45, 2.75) is 24.1 Å². The van der Waals surface area contributed by atoms with Crippen LogP contribution in [0.15, 0.2) is 0 Å². The van der Waals surface area contributed by atoms with Gasteiger partial charge in [0, 0.05) is 0 Å². The van der Waals surface area contributed by atoms with Crippen LogP contribution in [0.2, 0.25) is 0 Å². The summed E-state index contributed by atoms with van der Waals surface area (Å²) >= 11 is 10.9. The molecule has 0 spiro atoms. The maximum absolute atomic E-state index is 10.1. The van der Waals surface area contributed by atoms with E-state index >= 15 is 0 Å². The van der Waals surface area contributed by atoms with Gasteiger partial charge in [-0.05, 0) is 13.8 Å². The molecule has 1 N–H and O–H groups in total. The van der Waals surface area contributed by atoms with Gasteiger partial charge in [-0.2, -0.15) is 0 Å². The lowest BCUT2D eigenvalue weighted by atomic mass is 10.1. The first-order valence-corrected chi connectivity index (χ1v) is 3.23. The zero-order valence-electron chi connectivity index (χ0n) is 5.19. The Morgan fingerprint density at radius 2 is 2.00 bits per heavy atom. The minimum atomic E-state index is -1.09. The highest BCUT2D eigenvalue weighted by molar-refractivity contribution is 6.38. The van der Waals surface area contributed by atoms with Gasteiger partial charge in [-0.15, -0.1) is 23.2 Å². The summed E-state index contributed by atoms with van der Waals surface area (Å²) in [6.45, 7) is 3.11. The Bertz CT molecular complexity index is 117. The van der Waals surface area contributed by atoms with Gasteiger partial charge in [-0.1, -0.05) is 0 Å². The molecule has 1 atom stereocenters. The summed E-state index contributed by atoms with van der Waals surface area (Å²) in [6.07, 6.45) is 0. The minimum Gasteiger partial charge on any atom is -0.480 e. The van der Waals surface area contributed by atoms with Gasteiger partial charge in [0.15, 0.2) is 0 Å². The highest BCUT2D eigenvalue weighted by atomic mass is 35.5. The Kier molecular flexibility index (Phi) is 2.77. The molecule has 4 heteroatoms. The maximum atomic E-state index is 10.1. The number of aliphatic carboxylic acids is 1. The Hall–Kier alpha value is 0.0500. The standard InChI is InChI=1S/C5H8Cl2O2/c1-5(2,7)3(6)4(8)9/h3H,1-2H3,(H,8,9). The summed E-state index contributed by atoms with van der Waals surface area (Å²) in [7, 11) is 0. The minimum absolute atomic E-state index is 0.882. The molecule has 0 aliphatic rings. The molecule has 0 amide bonds. The smallest absolute Gasteiger partial charge is 0.323 e. The second-order valence-electron chi connectivity index (χ2n) is 2.27. The van der Waals surface area contributed by atoms with E-state index in [0.717, 1.165) is 0 Å². The third-order valence-corrected chi connectivity index (χ3v) is 1.88. The molecular formula is C5H8Cl2O2. The molecule has 0 bridgehead atoms. The third kappa shape index (κ3) is 2.92. The van der Waals surface area contributed by atoms with Crippen molar-refractivity contribution in [3.63, 3.8) is 0 Å². The highest BCUT2D eigenvalue weighted by Gasteiger charge is 2.30. The number of carboxylic acids is 1. The summed E-state index contributed by atoms with van der Waals surface area (Å²) in [5, 5.41) is 7.27. The number of hydrogen-bond acceptors (Lipinski definition) is 1. The average molecular weight is 171 g/mol. The van der Waals surface area contributed by atoms with Crippen molar-refractivity contribution in [3.05, 3.63) is 0 Å². The van der Waals surface area contributed by atoms with E-state index in [1.54, 1.807) is 13.8 Å². The summed E-state index contributed by atoms with van der Waals surface area (Å²) in [4.78, 5) is 9.25. The number of rotatable bonds is 2. The molecule has 0 aromatic rings. The van der Waals surface area contributed by atoms with Crippen molar-refractivity contribution in [1.82, 2.24) is 0 Å². The van der Waals surface area contributed by atoms with Gasteiger partial charge in [0.2, 0.25) is 0 Å². The molecule has 0 rings (SSSR count). The predicted octanol–water partition coefficient (Wildman–Crippen LogP) is 1.70. The quantitative estimate of drug-likeness (QED) is 0.642. The second kappa shape index (κ2) is 2.76. The molecule has 0 heterocycles. The number of alkyl halides is 2. The van der Waals surface area contributed by atoms with Crippen LogP contribution >= 0.6 is 23.2 Å². The monoisotopic (exact) mass is 170 g/mol. The lowest BCUT2D eigenvalue weighted by Gasteiger charge is -2.17. The zero-order chi connectivity index (χ0) is 7.65. The Labute approximate surface area is 63.8 Å². The maximum Gasteiger partial charge on any atom is 0.323 e. The lowest BCUT2D eigenvalue weighted by Crippen LogP contribution is -2.32. The summed E-state index contributed by atoms with van der Waals surface area (Å²) in [5.74, 6) is -1.09. The van der Waals surface area contributed by atoms with Gasteiger partial charge < -0.3 is 5.11 Å². The molecule has 2 nitrogen and oxygen atoms in total. The van der Waals surface area contributed by atoms with Crippen molar-refractivity contribution in [1.29, 1.82) is 0 Å². The van der Waals surface area contributed by atoms with E-state index in [1.165, 1.54) is 0 Å². The van der Waals surface area contributed by atoms with Crippen molar-refractivity contribution < 1.29 is 9.90 Å². The fraction of sp³-hybridized carbons (Fsp3) is 0.800. The fourth-order valence-corrected chi connectivity index (χ4v) is 0.387. The van der Waals surface area contributed by atoms with E-state index in [0.29, 0.717) is 0 Å². The van der Waals surface area contributed by atoms with E-state index in [9.17, 15) is 4.79 Å². The summed E-state index contributed by atoms with van der Waals surface area (Å²) in [6, 6.07) is 0. The molecule has 0 fully saturated rings. The van der Waals surface area contributed by atoms with Crippen LogP contribution in [0.3, 0.4) is 0 Å². The first kappa shape index (κ1) is 9.05. The highest BCUT2D eigenvalue weighted by Crippen LogP contribution is 2.22. The van der Waals surface area contributed by atoms with Crippen LogP contribution < -0.4 is 0 Å². The van der Waals surface area contributed by atoms with Crippen LogP contribution in [-0.4, -0.2) is 21.3 Å². The molecule has 0 aliphatic heterocycles. The molecule has 0 aromatic carbocycles. The van der Waals surface area contributed by atoms with Crippen LogP contribution in [0, 0.1) is 0 Å². The molecule has 9 heavy (non-hydrogen) atoms. The first-order valence-electron chi connectivity index (χ1n) is 2.41. The Balaban J connectivity index is 4.04. The number of hydrogen-bond donors (Lipinski definition) is 1. The van der Waals surface area contributed by atoms with Crippen molar-refractivity contribution >= 4 is 29.2 Å². The fourth-order valence-electron chi connectivity index (χ4n) is 0.294. The number of halogens is 2. The van der Waals surface area contributed by atoms with Crippen molar-refractivity contribution in [2.75, 3.05) is 0 Å². The predicted molar refractivity (Wildman–Crippen MR) is 37.2 cm³/mol. The van der Waals surface area contributed by atoms with E-state index in [2.05, 4.69) is 0 Å². The van der Waals surface area contributed by atoms with Crippen LogP contribution in [0.4, 0.5) is 0 Å². The molecule has 0 radical (unpaired) electrons. The van der Waals surface area contributed by atoms with Gasteiger partial charge in [0.1, 0.15) is 5.38 Å². The Morgan fingerprint density at radius 3 is 2.00 bits per heavy atom. The largest absolute Gasteiger partial charge is 0.480 e. The van der Waals surface area contributed by atoms with E-state index in [4.69, 9.17) is 28.3 Å². The summed E-state index contributed by atoms with van der Waals surface area (Å²) < 4.78 is 0. The van der Waals surface area contributed by atoms with Crippen LogP contribution in [0.25, 0.3) is 0 Å². The van der Waals surface area contributed by atoms with Crippen LogP contribution in [0.1, 0.15) is 13.8 Å². The zero-order valence-corrected chi connectivity index (χ0v) is 6.70. The van der Waals surface area contributed by atoms with Gasteiger partial charge in [-0.3, -0.25) is 4.79 Å². The average Bonchev–Trinajstić information content (AvgIpc) is 1.62. The van der Waals surface area contributed by atoms with E-state index in [1.807, 2.05) is 0 Å². The number of carbonyl (C=O) groups is 1. The molecule has 54 valence electrons.